The molecule has 2 aromatic rings. The summed E-state index contributed by atoms with van der Waals surface area (Å²) >= 11 is 1.83. The molecule has 0 aliphatic rings. The van der Waals surface area contributed by atoms with Crippen LogP contribution in [0.3, 0.4) is 0 Å². The van der Waals surface area contributed by atoms with Gasteiger partial charge >= 0.3 is 0 Å². The minimum atomic E-state index is 0. The van der Waals surface area contributed by atoms with Gasteiger partial charge in [0.15, 0.2) is 6.54 Å². The third-order valence-electron chi connectivity index (χ3n) is 2.67. The number of thiazole rings is 1. The largest absolute Gasteiger partial charge is 1.00 e. The summed E-state index contributed by atoms with van der Waals surface area (Å²) in [6.07, 6.45) is 1.65. The molecule has 0 amide bonds. The van der Waals surface area contributed by atoms with Gasteiger partial charge in [-0.05, 0) is 13.0 Å². The quantitative estimate of drug-likeness (QED) is 0.712. The van der Waals surface area contributed by atoms with Gasteiger partial charge in [-0.3, -0.25) is 4.79 Å². The molecule has 17 heavy (non-hydrogen) atoms. The molecule has 0 bridgehead atoms. The highest BCUT2D eigenvalue weighted by atomic mass is 79.9. The molecule has 0 saturated carbocycles. The van der Waals surface area contributed by atoms with Gasteiger partial charge in [0.05, 0.1) is 6.42 Å². The maximum absolute atomic E-state index is 11.1. The predicted molar refractivity (Wildman–Crippen MR) is 66.7 cm³/mol. The second-order valence-electron chi connectivity index (χ2n) is 3.92. The second-order valence-corrected chi connectivity index (χ2v) is 5.04. The molecule has 2 rings (SSSR count). The number of hydrogen-bond acceptors (Lipinski definition) is 2. The third kappa shape index (κ3) is 3.13. The van der Waals surface area contributed by atoms with Gasteiger partial charge in [0.1, 0.15) is 10.5 Å². The lowest BCUT2D eigenvalue weighted by Gasteiger charge is -1.95. The highest BCUT2D eigenvalue weighted by molar-refractivity contribution is 7.18. The van der Waals surface area contributed by atoms with Crippen molar-refractivity contribution in [2.24, 2.45) is 0 Å². The summed E-state index contributed by atoms with van der Waals surface area (Å²) in [7, 11) is 0. The lowest BCUT2D eigenvalue weighted by molar-refractivity contribution is -0.672. The Bertz CT molecular complexity index is 521. The van der Waals surface area contributed by atoms with E-state index in [1.165, 1.54) is 15.2 Å². The van der Waals surface area contributed by atoms with E-state index < -0.39 is 0 Å². The van der Waals surface area contributed by atoms with E-state index in [2.05, 4.69) is 35.8 Å². The van der Waals surface area contributed by atoms with Crippen molar-refractivity contribution in [1.29, 1.82) is 0 Å². The predicted octanol–water partition coefficient (Wildman–Crippen LogP) is -0.266. The Morgan fingerprint density at radius 3 is 2.71 bits per heavy atom. The lowest BCUT2D eigenvalue weighted by Crippen LogP contribution is -3.00. The molecule has 2 nitrogen and oxygen atoms in total. The Kier molecular flexibility index (Phi) is 5.28. The fourth-order valence-corrected chi connectivity index (χ4v) is 2.99. The van der Waals surface area contributed by atoms with Crippen LogP contribution in [0.15, 0.2) is 24.3 Å². The lowest BCUT2D eigenvalue weighted by atomic mass is 10.3. The van der Waals surface area contributed by atoms with Gasteiger partial charge in [-0.25, -0.2) is 0 Å². The normalized spacial score (nSPS) is 10.2. The molecule has 0 atom stereocenters. The Hall–Kier alpha value is -0.740. The number of carbonyl (C=O) groups is 1. The molecule has 0 aliphatic heterocycles. The van der Waals surface area contributed by atoms with Crippen LogP contribution in [0.4, 0.5) is 0 Å². The summed E-state index contributed by atoms with van der Waals surface area (Å²) in [5, 5.41) is 1.35. The molecule has 0 fully saturated rings. The first-order valence-corrected chi connectivity index (χ1v) is 6.43. The Labute approximate surface area is 116 Å². The summed E-state index contributed by atoms with van der Waals surface area (Å²) in [4.78, 5) is 11.1. The number of aromatic nitrogens is 1. The maximum Gasteiger partial charge on any atom is 0.238 e. The van der Waals surface area contributed by atoms with E-state index in [-0.39, 0.29) is 22.8 Å². The Balaban J connectivity index is 0.00000144. The van der Waals surface area contributed by atoms with Crippen LogP contribution in [0.2, 0.25) is 0 Å². The highest BCUT2D eigenvalue weighted by Gasteiger charge is 2.18. The maximum atomic E-state index is 11.1. The van der Waals surface area contributed by atoms with Crippen LogP contribution in [0.25, 0.3) is 10.2 Å². The molecule has 0 spiro atoms. The molecule has 92 valence electrons. The van der Waals surface area contributed by atoms with Crippen LogP contribution in [-0.4, -0.2) is 5.78 Å². The average molecular weight is 314 g/mol. The molecular weight excluding hydrogens is 298 g/mol. The van der Waals surface area contributed by atoms with Gasteiger partial charge in [0.2, 0.25) is 10.5 Å². The van der Waals surface area contributed by atoms with Crippen LogP contribution in [0.1, 0.15) is 25.3 Å². The highest BCUT2D eigenvalue weighted by Crippen LogP contribution is 2.20. The van der Waals surface area contributed by atoms with Crippen LogP contribution in [0, 0.1) is 0 Å². The van der Waals surface area contributed by atoms with Crippen molar-refractivity contribution >= 4 is 27.3 Å². The van der Waals surface area contributed by atoms with Crippen molar-refractivity contribution < 1.29 is 26.3 Å². The summed E-state index contributed by atoms with van der Waals surface area (Å²) in [6.45, 7) is 4.62. The first kappa shape index (κ1) is 14.3. The molecular formula is C13H16BrNOS. The monoisotopic (exact) mass is 313 g/mol. The number of aryl methyl sites for hydroxylation is 2. The number of nitrogens with zero attached hydrogens (tertiary/aromatic N) is 1. The van der Waals surface area contributed by atoms with Crippen LogP contribution < -0.4 is 21.5 Å². The third-order valence-corrected chi connectivity index (χ3v) is 3.98. The standard InChI is InChI=1S/C13H16NOS.BrH/c1-3-13-14(9-8-10(2)15)11-6-4-5-7-12(11)16-13;/h4-7H,3,8-9H2,1-2H3;1H/q+1;/p-1. The molecule has 0 saturated heterocycles. The minimum absolute atomic E-state index is 0. The zero-order valence-corrected chi connectivity index (χ0v) is 12.5. The molecule has 1 aromatic carbocycles. The van der Waals surface area contributed by atoms with Crippen molar-refractivity contribution in [1.82, 2.24) is 0 Å². The Morgan fingerprint density at radius 1 is 1.35 bits per heavy atom. The number of carbonyl (C=O) groups excluding carboxylic acids is 1. The summed E-state index contributed by atoms with van der Waals surface area (Å²) < 4.78 is 3.59. The summed E-state index contributed by atoms with van der Waals surface area (Å²) in [5.41, 5.74) is 1.26. The van der Waals surface area contributed by atoms with E-state index in [0.717, 1.165) is 13.0 Å². The molecule has 1 aromatic heterocycles. The zero-order valence-electron chi connectivity index (χ0n) is 10.1. The topological polar surface area (TPSA) is 20.9 Å². The first-order chi connectivity index (χ1) is 7.72. The van der Waals surface area contributed by atoms with E-state index in [4.69, 9.17) is 0 Å². The molecule has 0 aliphatic carbocycles. The van der Waals surface area contributed by atoms with E-state index in [0.29, 0.717) is 6.42 Å². The van der Waals surface area contributed by atoms with Crippen molar-refractivity contribution in [2.75, 3.05) is 0 Å². The van der Waals surface area contributed by atoms with E-state index >= 15 is 0 Å². The molecule has 0 N–H and O–H groups in total. The molecule has 0 radical (unpaired) electrons. The molecule has 1 heterocycles. The molecule has 4 heteroatoms. The van der Waals surface area contributed by atoms with Gasteiger partial charge < -0.3 is 17.0 Å². The van der Waals surface area contributed by atoms with Crippen LogP contribution in [-0.2, 0) is 17.8 Å². The fourth-order valence-electron chi connectivity index (χ4n) is 1.86. The molecule has 0 unspecified atom stereocenters. The number of halogens is 1. The van der Waals surface area contributed by atoms with E-state index in [9.17, 15) is 4.79 Å². The van der Waals surface area contributed by atoms with Crippen molar-refractivity contribution in [3.63, 3.8) is 0 Å². The minimum Gasteiger partial charge on any atom is -1.00 e. The number of Topliss-reactive ketones (excluding diaryl/α,β-unsaturated/α-hetero) is 1. The van der Waals surface area contributed by atoms with E-state index in [1.807, 2.05) is 11.3 Å². The number of hydrogen-bond donors (Lipinski definition) is 0. The van der Waals surface area contributed by atoms with Gasteiger partial charge in [-0.15, -0.1) is 0 Å². The zero-order chi connectivity index (χ0) is 11.5. The SMILES string of the molecule is CCc1sc2ccccc2[n+]1CCC(C)=O.[Br-]. The van der Waals surface area contributed by atoms with Crippen LogP contribution >= 0.6 is 11.3 Å². The number of benzene rings is 1. The number of fused-ring (bicyclic) bond motifs is 1. The summed E-state index contributed by atoms with van der Waals surface area (Å²) in [5.74, 6) is 0.254. The van der Waals surface area contributed by atoms with Crippen molar-refractivity contribution in [3.8, 4) is 0 Å². The fraction of sp³-hybridized carbons (Fsp3) is 0.385. The van der Waals surface area contributed by atoms with E-state index in [1.54, 1.807) is 6.92 Å². The van der Waals surface area contributed by atoms with Gasteiger partial charge in [-0.2, -0.15) is 4.57 Å². The van der Waals surface area contributed by atoms with Crippen molar-refractivity contribution in [3.05, 3.63) is 29.3 Å². The second kappa shape index (κ2) is 6.26. The first-order valence-electron chi connectivity index (χ1n) is 5.62. The Morgan fingerprint density at radius 2 is 2.06 bits per heavy atom. The number of para-hydroxylation sites is 1. The van der Waals surface area contributed by atoms with Gasteiger partial charge in [0, 0.05) is 12.5 Å². The van der Waals surface area contributed by atoms with Crippen LogP contribution in [0.5, 0.6) is 0 Å². The van der Waals surface area contributed by atoms with Gasteiger partial charge in [0.25, 0.3) is 0 Å². The smallest absolute Gasteiger partial charge is 0.238 e. The van der Waals surface area contributed by atoms with Crippen molar-refractivity contribution in [2.45, 2.75) is 33.2 Å². The summed E-state index contributed by atoms with van der Waals surface area (Å²) in [6, 6.07) is 8.39. The van der Waals surface area contributed by atoms with Gasteiger partial charge in [-0.1, -0.05) is 30.4 Å². The number of ketones is 1. The number of rotatable bonds is 4. The average Bonchev–Trinajstić information content (AvgIpc) is 2.64.